The average molecular weight is 284 g/mol. The lowest BCUT2D eigenvalue weighted by molar-refractivity contribution is 1.14. The van der Waals surface area contributed by atoms with Crippen molar-refractivity contribution in [2.24, 2.45) is 0 Å². The Labute approximate surface area is 100 Å². The van der Waals surface area contributed by atoms with E-state index in [0.717, 1.165) is 16.8 Å². The summed E-state index contributed by atoms with van der Waals surface area (Å²) in [5.74, 6) is 0.738. The van der Waals surface area contributed by atoms with E-state index in [-0.39, 0.29) is 0 Å². The topological polar surface area (TPSA) is 50.9 Å². The lowest BCUT2D eigenvalue weighted by Gasteiger charge is -2.05. The molecule has 0 atom stereocenters. The highest BCUT2D eigenvalue weighted by molar-refractivity contribution is 9.10. The Morgan fingerprint density at radius 2 is 2.40 bits per heavy atom. The monoisotopic (exact) mass is 283 g/mol. The average Bonchev–Trinajstić information content (AvgIpc) is 2.63. The Hall–Kier alpha value is -1.07. The van der Waals surface area contributed by atoms with Crippen molar-refractivity contribution in [3.05, 3.63) is 39.1 Å². The molecule has 0 aromatic carbocycles. The Kier molecular flexibility index (Phi) is 3.23. The zero-order valence-electron chi connectivity index (χ0n) is 7.90. The van der Waals surface area contributed by atoms with Gasteiger partial charge < -0.3 is 11.1 Å². The van der Waals surface area contributed by atoms with Crippen molar-refractivity contribution < 1.29 is 0 Å². The lowest BCUT2D eigenvalue weighted by atomic mass is 10.4. The van der Waals surface area contributed by atoms with Crippen LogP contribution in [0.4, 0.5) is 11.5 Å². The van der Waals surface area contributed by atoms with Gasteiger partial charge in [-0.15, -0.1) is 11.3 Å². The minimum absolute atomic E-state index is 0.674. The van der Waals surface area contributed by atoms with Gasteiger partial charge in [0.05, 0.1) is 12.2 Å². The van der Waals surface area contributed by atoms with Crippen molar-refractivity contribution >= 4 is 38.8 Å². The minimum Gasteiger partial charge on any atom is -0.396 e. The Morgan fingerprint density at radius 1 is 1.53 bits per heavy atom. The maximum absolute atomic E-state index is 5.76. The molecule has 15 heavy (non-hydrogen) atoms. The highest BCUT2D eigenvalue weighted by Gasteiger charge is 2.00. The second-order valence-electron chi connectivity index (χ2n) is 3.03. The first-order chi connectivity index (χ1) is 7.25. The Balaban J connectivity index is 2.02. The maximum Gasteiger partial charge on any atom is 0.149 e. The molecule has 0 saturated carbocycles. The van der Waals surface area contributed by atoms with Gasteiger partial charge in [0.15, 0.2) is 0 Å². The normalized spacial score (nSPS) is 10.2. The van der Waals surface area contributed by atoms with Gasteiger partial charge in [-0.1, -0.05) is 0 Å². The molecule has 0 fully saturated rings. The number of aromatic nitrogens is 1. The maximum atomic E-state index is 5.76. The number of nitrogens with two attached hydrogens (primary N) is 1. The number of nitrogens with one attached hydrogen (secondary N) is 1. The van der Waals surface area contributed by atoms with Crippen LogP contribution in [0.25, 0.3) is 0 Å². The first-order valence-corrected chi connectivity index (χ1v) is 6.10. The van der Waals surface area contributed by atoms with Crippen molar-refractivity contribution in [1.29, 1.82) is 0 Å². The molecule has 2 rings (SSSR count). The van der Waals surface area contributed by atoms with Crippen molar-refractivity contribution in [2.75, 3.05) is 11.1 Å². The first kappa shape index (κ1) is 10.4. The number of anilines is 2. The summed E-state index contributed by atoms with van der Waals surface area (Å²) in [6, 6.07) is 5.73. The third-order valence-corrected chi connectivity index (χ3v) is 3.59. The van der Waals surface area contributed by atoms with Gasteiger partial charge in [-0.2, -0.15) is 0 Å². The van der Waals surface area contributed by atoms with Gasteiger partial charge in [0.1, 0.15) is 5.82 Å². The first-order valence-electron chi connectivity index (χ1n) is 4.43. The fourth-order valence-electron chi connectivity index (χ4n) is 1.18. The van der Waals surface area contributed by atoms with Crippen LogP contribution >= 0.6 is 27.3 Å². The smallest absolute Gasteiger partial charge is 0.149 e. The van der Waals surface area contributed by atoms with Crippen LogP contribution in [0.5, 0.6) is 0 Å². The Bertz CT molecular complexity index is 455. The number of nitrogens with zero attached hydrogens (tertiary/aromatic N) is 1. The van der Waals surface area contributed by atoms with Gasteiger partial charge in [-0.25, -0.2) is 4.98 Å². The molecule has 0 amide bonds. The summed E-state index contributed by atoms with van der Waals surface area (Å²) in [5.41, 5.74) is 6.43. The van der Waals surface area contributed by atoms with E-state index in [1.54, 1.807) is 17.5 Å². The lowest BCUT2D eigenvalue weighted by Crippen LogP contribution is -2.02. The van der Waals surface area contributed by atoms with E-state index in [1.165, 1.54) is 4.88 Å². The van der Waals surface area contributed by atoms with Crippen LogP contribution in [0.3, 0.4) is 0 Å². The fourth-order valence-corrected chi connectivity index (χ4v) is 2.57. The summed E-state index contributed by atoms with van der Waals surface area (Å²) in [6.45, 7) is 0.747. The SMILES string of the molecule is Nc1cccnc1NCc1cc(Br)cs1. The van der Waals surface area contributed by atoms with Gasteiger partial charge >= 0.3 is 0 Å². The van der Waals surface area contributed by atoms with Gasteiger partial charge in [0.25, 0.3) is 0 Å². The van der Waals surface area contributed by atoms with Gasteiger partial charge in [-0.05, 0) is 34.1 Å². The number of rotatable bonds is 3. The second kappa shape index (κ2) is 4.63. The zero-order valence-corrected chi connectivity index (χ0v) is 10.3. The molecule has 0 radical (unpaired) electrons. The molecular formula is C10H10BrN3S. The number of thiophene rings is 1. The van der Waals surface area contributed by atoms with Gasteiger partial charge in [0.2, 0.25) is 0 Å². The second-order valence-corrected chi connectivity index (χ2v) is 4.94. The molecule has 3 N–H and O–H groups in total. The van der Waals surface area contributed by atoms with Gasteiger partial charge in [0, 0.05) is 20.9 Å². The van der Waals surface area contributed by atoms with Crippen molar-refractivity contribution in [3.63, 3.8) is 0 Å². The predicted octanol–water partition coefficient (Wildman–Crippen LogP) is 3.10. The van der Waals surface area contributed by atoms with E-state index >= 15 is 0 Å². The molecule has 0 bridgehead atoms. The predicted molar refractivity (Wildman–Crippen MR) is 68.0 cm³/mol. The number of hydrogen-bond donors (Lipinski definition) is 2. The van der Waals surface area contributed by atoms with E-state index in [2.05, 4.69) is 37.7 Å². The van der Waals surface area contributed by atoms with Crippen LogP contribution in [0.2, 0.25) is 0 Å². The van der Waals surface area contributed by atoms with Crippen LogP contribution < -0.4 is 11.1 Å². The summed E-state index contributed by atoms with van der Waals surface area (Å²) in [5, 5.41) is 5.25. The van der Waals surface area contributed by atoms with E-state index in [1.807, 2.05) is 12.1 Å². The molecule has 3 nitrogen and oxygen atoms in total. The largest absolute Gasteiger partial charge is 0.396 e. The van der Waals surface area contributed by atoms with Crippen molar-refractivity contribution in [2.45, 2.75) is 6.54 Å². The third kappa shape index (κ3) is 2.70. The molecule has 0 saturated heterocycles. The molecule has 2 heterocycles. The molecule has 0 aliphatic rings. The quantitative estimate of drug-likeness (QED) is 0.910. The van der Waals surface area contributed by atoms with Crippen molar-refractivity contribution in [3.8, 4) is 0 Å². The summed E-state index contributed by atoms with van der Waals surface area (Å²) in [4.78, 5) is 5.40. The summed E-state index contributed by atoms with van der Waals surface area (Å²) >= 11 is 5.11. The molecule has 2 aromatic heterocycles. The van der Waals surface area contributed by atoms with Crippen LogP contribution in [0.1, 0.15) is 4.88 Å². The molecule has 78 valence electrons. The summed E-state index contributed by atoms with van der Waals surface area (Å²) in [7, 11) is 0. The number of hydrogen-bond acceptors (Lipinski definition) is 4. The standard InChI is InChI=1S/C10H10BrN3S/c11-7-4-8(15-6-7)5-14-10-9(12)2-1-3-13-10/h1-4,6H,5,12H2,(H,13,14). The number of halogens is 1. The van der Waals surface area contributed by atoms with E-state index < -0.39 is 0 Å². The van der Waals surface area contributed by atoms with Crippen LogP contribution in [-0.4, -0.2) is 4.98 Å². The fraction of sp³-hybridized carbons (Fsp3) is 0.100. The number of nitrogen functional groups attached to an aromatic ring is 1. The molecule has 0 aliphatic carbocycles. The molecule has 0 unspecified atom stereocenters. The van der Waals surface area contributed by atoms with Crippen molar-refractivity contribution in [1.82, 2.24) is 4.98 Å². The molecule has 0 aliphatic heterocycles. The summed E-state index contributed by atoms with van der Waals surface area (Å²) < 4.78 is 1.11. The van der Waals surface area contributed by atoms with Crippen LogP contribution in [0.15, 0.2) is 34.2 Å². The van der Waals surface area contributed by atoms with Crippen LogP contribution in [-0.2, 0) is 6.54 Å². The zero-order chi connectivity index (χ0) is 10.7. The van der Waals surface area contributed by atoms with E-state index in [4.69, 9.17) is 5.73 Å². The minimum atomic E-state index is 0.674. The molecular weight excluding hydrogens is 274 g/mol. The van der Waals surface area contributed by atoms with Gasteiger partial charge in [-0.3, -0.25) is 0 Å². The van der Waals surface area contributed by atoms with E-state index in [9.17, 15) is 0 Å². The van der Waals surface area contributed by atoms with E-state index in [0.29, 0.717) is 5.69 Å². The summed E-state index contributed by atoms with van der Waals surface area (Å²) in [6.07, 6.45) is 1.73. The highest BCUT2D eigenvalue weighted by atomic mass is 79.9. The molecule has 2 aromatic rings. The molecule has 0 spiro atoms. The van der Waals surface area contributed by atoms with Crippen LogP contribution in [0, 0.1) is 0 Å². The number of pyridine rings is 1. The third-order valence-electron chi connectivity index (χ3n) is 1.89. The highest BCUT2D eigenvalue weighted by Crippen LogP contribution is 2.21. The Morgan fingerprint density at radius 3 is 3.07 bits per heavy atom. The molecule has 5 heteroatoms.